The molecule has 0 saturated carbocycles. The Bertz CT molecular complexity index is 665. The molecule has 2 aromatic carbocycles. The third-order valence-corrected chi connectivity index (χ3v) is 3.13. The molecule has 0 bridgehead atoms. The zero-order chi connectivity index (χ0) is 15.9. The molecule has 2 rings (SSSR count). The van der Waals surface area contributed by atoms with Gasteiger partial charge in [-0.1, -0.05) is 25.1 Å². The van der Waals surface area contributed by atoms with Crippen molar-refractivity contribution in [1.82, 2.24) is 0 Å². The number of carboxylic acid groups (broad SMARTS) is 1. The molecule has 0 spiro atoms. The van der Waals surface area contributed by atoms with E-state index in [2.05, 4.69) is 5.32 Å². The molecule has 0 atom stereocenters. The van der Waals surface area contributed by atoms with Crippen LogP contribution in [0.15, 0.2) is 48.5 Å². The summed E-state index contributed by atoms with van der Waals surface area (Å²) in [6, 6.07) is 14.0. The number of ether oxygens (including phenoxy) is 1. The Morgan fingerprint density at radius 1 is 1.09 bits per heavy atom. The number of aliphatic carboxylic acids is 1. The van der Waals surface area contributed by atoms with Gasteiger partial charge >= 0.3 is 5.97 Å². The standard InChI is InChI=1S/C17H17NO4/c1-2-12-5-3-4-6-15(12)18-17(21)13-7-9-14(10-8-13)22-11-16(19)20/h3-10H,2,11H2,1H3,(H,18,21)(H,19,20). The summed E-state index contributed by atoms with van der Waals surface area (Å²) >= 11 is 0. The number of aryl methyl sites for hydroxylation is 1. The molecule has 0 unspecified atom stereocenters. The van der Waals surface area contributed by atoms with Gasteiger partial charge in [-0.2, -0.15) is 0 Å². The van der Waals surface area contributed by atoms with Crippen molar-refractivity contribution in [3.63, 3.8) is 0 Å². The first kappa shape index (κ1) is 15.6. The predicted molar refractivity (Wildman–Crippen MR) is 83.3 cm³/mol. The highest BCUT2D eigenvalue weighted by atomic mass is 16.5. The lowest BCUT2D eigenvalue weighted by Crippen LogP contribution is -2.13. The van der Waals surface area contributed by atoms with Crippen molar-refractivity contribution >= 4 is 17.6 Å². The van der Waals surface area contributed by atoms with Gasteiger partial charge in [-0.05, 0) is 42.3 Å². The normalized spacial score (nSPS) is 10.0. The molecule has 2 aromatic rings. The lowest BCUT2D eigenvalue weighted by atomic mass is 10.1. The Hall–Kier alpha value is -2.82. The Morgan fingerprint density at radius 3 is 2.41 bits per heavy atom. The van der Waals surface area contributed by atoms with E-state index in [1.807, 2.05) is 31.2 Å². The highest BCUT2D eigenvalue weighted by Crippen LogP contribution is 2.18. The number of carbonyl (C=O) groups excluding carboxylic acids is 1. The van der Waals surface area contributed by atoms with Gasteiger partial charge in [0.25, 0.3) is 5.91 Å². The van der Waals surface area contributed by atoms with Gasteiger partial charge in [0.2, 0.25) is 0 Å². The summed E-state index contributed by atoms with van der Waals surface area (Å²) in [6.45, 7) is 1.62. The van der Waals surface area contributed by atoms with E-state index in [1.54, 1.807) is 24.3 Å². The van der Waals surface area contributed by atoms with Gasteiger partial charge in [0.15, 0.2) is 6.61 Å². The first-order valence-corrected chi connectivity index (χ1v) is 6.94. The number of carboxylic acids is 1. The zero-order valence-electron chi connectivity index (χ0n) is 12.2. The number of para-hydroxylation sites is 1. The predicted octanol–water partition coefficient (Wildman–Crippen LogP) is 2.96. The lowest BCUT2D eigenvalue weighted by Gasteiger charge is -2.10. The number of carbonyl (C=O) groups is 2. The third-order valence-electron chi connectivity index (χ3n) is 3.13. The zero-order valence-corrected chi connectivity index (χ0v) is 12.2. The monoisotopic (exact) mass is 299 g/mol. The number of amides is 1. The van der Waals surface area contributed by atoms with E-state index < -0.39 is 12.6 Å². The maximum absolute atomic E-state index is 12.2. The van der Waals surface area contributed by atoms with Crippen LogP contribution in [0.5, 0.6) is 5.75 Å². The number of hydrogen-bond donors (Lipinski definition) is 2. The number of anilines is 1. The quantitative estimate of drug-likeness (QED) is 0.860. The molecule has 22 heavy (non-hydrogen) atoms. The minimum Gasteiger partial charge on any atom is -0.482 e. The summed E-state index contributed by atoms with van der Waals surface area (Å²) in [6.07, 6.45) is 0.832. The Labute approximate surface area is 128 Å². The first-order valence-electron chi connectivity index (χ1n) is 6.94. The van der Waals surface area contributed by atoms with Crippen LogP contribution in [0.4, 0.5) is 5.69 Å². The second-order valence-corrected chi connectivity index (χ2v) is 4.67. The highest BCUT2D eigenvalue weighted by Gasteiger charge is 2.08. The molecule has 114 valence electrons. The van der Waals surface area contributed by atoms with E-state index in [9.17, 15) is 9.59 Å². The van der Waals surface area contributed by atoms with Crippen molar-refractivity contribution in [2.75, 3.05) is 11.9 Å². The van der Waals surface area contributed by atoms with Crippen LogP contribution in [-0.4, -0.2) is 23.6 Å². The van der Waals surface area contributed by atoms with Crippen LogP contribution >= 0.6 is 0 Å². The Balaban J connectivity index is 2.05. The largest absolute Gasteiger partial charge is 0.482 e. The average Bonchev–Trinajstić information content (AvgIpc) is 2.54. The van der Waals surface area contributed by atoms with Crippen molar-refractivity contribution in [3.8, 4) is 5.75 Å². The number of benzene rings is 2. The van der Waals surface area contributed by atoms with E-state index in [0.717, 1.165) is 17.7 Å². The molecule has 0 saturated heterocycles. The van der Waals surface area contributed by atoms with Gasteiger partial charge in [-0.25, -0.2) is 4.79 Å². The fourth-order valence-corrected chi connectivity index (χ4v) is 1.99. The van der Waals surface area contributed by atoms with E-state index in [1.165, 1.54) is 0 Å². The van der Waals surface area contributed by atoms with Gasteiger partial charge in [0.1, 0.15) is 5.75 Å². The van der Waals surface area contributed by atoms with Crippen LogP contribution in [0, 0.1) is 0 Å². The molecule has 0 heterocycles. The lowest BCUT2D eigenvalue weighted by molar-refractivity contribution is -0.139. The van der Waals surface area contributed by atoms with E-state index in [4.69, 9.17) is 9.84 Å². The molecule has 5 nitrogen and oxygen atoms in total. The van der Waals surface area contributed by atoms with Gasteiger partial charge in [-0.3, -0.25) is 4.79 Å². The summed E-state index contributed by atoms with van der Waals surface area (Å²) in [5.41, 5.74) is 2.34. The van der Waals surface area contributed by atoms with Crippen molar-refractivity contribution in [2.24, 2.45) is 0 Å². The molecular formula is C17H17NO4. The summed E-state index contributed by atoms with van der Waals surface area (Å²) in [5, 5.41) is 11.4. The SMILES string of the molecule is CCc1ccccc1NC(=O)c1ccc(OCC(=O)O)cc1. The fourth-order valence-electron chi connectivity index (χ4n) is 1.99. The van der Waals surface area contributed by atoms with Gasteiger partial charge in [-0.15, -0.1) is 0 Å². The van der Waals surface area contributed by atoms with Crippen molar-refractivity contribution in [1.29, 1.82) is 0 Å². The van der Waals surface area contributed by atoms with Crippen molar-refractivity contribution < 1.29 is 19.4 Å². The van der Waals surface area contributed by atoms with Crippen LogP contribution in [0.1, 0.15) is 22.8 Å². The van der Waals surface area contributed by atoms with E-state index in [0.29, 0.717) is 11.3 Å². The van der Waals surface area contributed by atoms with Gasteiger partial charge < -0.3 is 15.2 Å². The van der Waals surface area contributed by atoms with E-state index >= 15 is 0 Å². The molecule has 1 amide bonds. The molecule has 0 aromatic heterocycles. The molecule has 0 fully saturated rings. The minimum absolute atomic E-state index is 0.217. The average molecular weight is 299 g/mol. The topological polar surface area (TPSA) is 75.6 Å². The van der Waals surface area contributed by atoms with Crippen LogP contribution in [0.2, 0.25) is 0 Å². The number of rotatable bonds is 6. The molecule has 0 aliphatic rings. The van der Waals surface area contributed by atoms with Crippen LogP contribution in [0.3, 0.4) is 0 Å². The second-order valence-electron chi connectivity index (χ2n) is 4.67. The molecule has 0 aliphatic carbocycles. The van der Waals surface area contributed by atoms with Crippen LogP contribution in [-0.2, 0) is 11.2 Å². The number of nitrogens with one attached hydrogen (secondary N) is 1. The summed E-state index contributed by atoms with van der Waals surface area (Å²) in [5.74, 6) is -0.850. The van der Waals surface area contributed by atoms with E-state index in [-0.39, 0.29) is 5.91 Å². The Morgan fingerprint density at radius 2 is 1.77 bits per heavy atom. The van der Waals surface area contributed by atoms with Crippen molar-refractivity contribution in [3.05, 3.63) is 59.7 Å². The number of hydrogen-bond acceptors (Lipinski definition) is 3. The highest BCUT2D eigenvalue weighted by molar-refractivity contribution is 6.04. The third kappa shape index (κ3) is 4.09. The minimum atomic E-state index is -1.04. The molecule has 2 N–H and O–H groups in total. The fraction of sp³-hybridized carbons (Fsp3) is 0.176. The smallest absolute Gasteiger partial charge is 0.341 e. The summed E-state index contributed by atoms with van der Waals surface area (Å²) < 4.78 is 5.03. The molecule has 0 aliphatic heterocycles. The molecule has 5 heteroatoms. The van der Waals surface area contributed by atoms with Gasteiger partial charge in [0, 0.05) is 11.3 Å². The van der Waals surface area contributed by atoms with Crippen LogP contribution < -0.4 is 10.1 Å². The maximum atomic E-state index is 12.2. The van der Waals surface area contributed by atoms with Crippen LogP contribution in [0.25, 0.3) is 0 Å². The first-order chi connectivity index (χ1) is 10.6. The molecule has 0 radical (unpaired) electrons. The maximum Gasteiger partial charge on any atom is 0.341 e. The Kier molecular flexibility index (Phi) is 5.14. The summed E-state index contributed by atoms with van der Waals surface area (Å²) in [7, 11) is 0. The summed E-state index contributed by atoms with van der Waals surface area (Å²) in [4.78, 5) is 22.6. The van der Waals surface area contributed by atoms with Crippen molar-refractivity contribution in [2.45, 2.75) is 13.3 Å². The van der Waals surface area contributed by atoms with Gasteiger partial charge in [0.05, 0.1) is 0 Å². The second kappa shape index (κ2) is 7.26. The molecular weight excluding hydrogens is 282 g/mol.